The van der Waals surface area contributed by atoms with Crippen molar-refractivity contribution < 1.29 is 51.0 Å². The van der Waals surface area contributed by atoms with E-state index in [1.165, 1.54) is 12.0 Å². The minimum absolute atomic E-state index is 0. The zero-order chi connectivity index (χ0) is 10.9. The summed E-state index contributed by atoms with van der Waals surface area (Å²) in [4.78, 5) is 2.20. The van der Waals surface area contributed by atoms with Gasteiger partial charge in [0.05, 0.1) is 0 Å². The molecule has 0 aliphatic rings. The van der Waals surface area contributed by atoms with Crippen LogP contribution in [-0.4, -0.2) is 25.5 Å². The smallest absolute Gasteiger partial charge is 1.00 e. The molecular formula is C14H19Cl2NZr. The fourth-order valence-corrected chi connectivity index (χ4v) is 1.25. The average molecular weight is 363 g/mol. The molecule has 0 bridgehead atoms. The summed E-state index contributed by atoms with van der Waals surface area (Å²) in [7, 11) is 4.20. The largest absolute Gasteiger partial charge is 4.00 e. The van der Waals surface area contributed by atoms with Crippen molar-refractivity contribution in [3.05, 3.63) is 60.2 Å². The zero-order valence-electron chi connectivity index (χ0n) is 10.8. The summed E-state index contributed by atoms with van der Waals surface area (Å²) in [5.74, 6) is 0. The summed E-state index contributed by atoms with van der Waals surface area (Å²) in [6.45, 7) is 1.14. The fourth-order valence-electron chi connectivity index (χ4n) is 1.25. The van der Waals surface area contributed by atoms with Crippen molar-refractivity contribution in [1.82, 2.24) is 4.90 Å². The summed E-state index contributed by atoms with van der Waals surface area (Å²) in [5.41, 5.74) is 1.44. The van der Waals surface area contributed by atoms with Crippen molar-refractivity contribution in [3.8, 4) is 0 Å². The van der Waals surface area contributed by atoms with Gasteiger partial charge < -0.3 is 29.7 Å². The second-order valence-corrected chi connectivity index (χ2v) is 3.81. The van der Waals surface area contributed by atoms with Crippen LogP contribution >= 0.6 is 0 Å². The van der Waals surface area contributed by atoms with E-state index in [1.807, 2.05) is 30.3 Å². The molecule has 0 fully saturated rings. The van der Waals surface area contributed by atoms with Crippen LogP contribution in [0.25, 0.3) is 0 Å². The molecule has 1 nitrogen and oxygen atoms in total. The molecule has 0 saturated heterocycles. The van der Waals surface area contributed by atoms with Crippen molar-refractivity contribution in [2.75, 3.05) is 20.6 Å². The maximum atomic E-state index is 2.20. The summed E-state index contributed by atoms with van der Waals surface area (Å²) in [6, 6.07) is 18.5. The molecule has 2 aromatic rings. The van der Waals surface area contributed by atoms with Gasteiger partial charge in [-0.25, -0.2) is 24.3 Å². The van der Waals surface area contributed by atoms with Crippen molar-refractivity contribution in [2.45, 2.75) is 6.42 Å². The summed E-state index contributed by atoms with van der Waals surface area (Å²) in [6.07, 6.45) is 1.17. The maximum Gasteiger partial charge on any atom is 4.00 e. The molecule has 0 heterocycles. The van der Waals surface area contributed by atoms with Crippen molar-refractivity contribution >= 4 is 0 Å². The van der Waals surface area contributed by atoms with Crippen LogP contribution < -0.4 is 24.8 Å². The van der Waals surface area contributed by atoms with E-state index in [0.29, 0.717) is 0 Å². The van der Waals surface area contributed by atoms with Crippen molar-refractivity contribution in [3.63, 3.8) is 0 Å². The second kappa shape index (κ2) is 15.2. The summed E-state index contributed by atoms with van der Waals surface area (Å²) in [5, 5.41) is 0. The van der Waals surface area contributed by atoms with Gasteiger partial charge in [0.25, 0.3) is 0 Å². The van der Waals surface area contributed by atoms with Gasteiger partial charge in [0.2, 0.25) is 0 Å². The number of nitrogens with zero attached hydrogens (tertiary/aromatic N) is 1. The van der Waals surface area contributed by atoms with Gasteiger partial charge in [-0.15, -0.1) is 0 Å². The molecule has 0 saturated carbocycles. The Morgan fingerprint density at radius 3 is 1.78 bits per heavy atom. The normalized spacial score (nSPS) is 8.17. The molecule has 0 radical (unpaired) electrons. The third-order valence-electron chi connectivity index (χ3n) is 2.13. The van der Waals surface area contributed by atoms with Crippen LogP contribution in [-0.2, 0) is 32.6 Å². The Balaban J connectivity index is -0.000000245. The molecule has 0 aromatic heterocycles. The van der Waals surface area contributed by atoms with Crippen LogP contribution in [0.4, 0.5) is 0 Å². The third kappa shape index (κ3) is 12.6. The Labute approximate surface area is 142 Å². The van der Waals surface area contributed by atoms with E-state index < -0.39 is 0 Å². The molecule has 0 N–H and O–H groups in total. The average Bonchev–Trinajstić information content (AvgIpc) is 2.91. The molecule has 18 heavy (non-hydrogen) atoms. The van der Waals surface area contributed by atoms with E-state index in [-0.39, 0.29) is 51.0 Å². The first-order valence-corrected chi connectivity index (χ1v) is 5.31. The van der Waals surface area contributed by atoms with Gasteiger partial charge in [0, 0.05) is 0 Å². The van der Waals surface area contributed by atoms with Gasteiger partial charge in [-0.05, 0) is 20.6 Å². The molecule has 0 aliphatic carbocycles. The third-order valence-corrected chi connectivity index (χ3v) is 2.13. The van der Waals surface area contributed by atoms with Crippen molar-refractivity contribution in [1.29, 1.82) is 0 Å². The number of hydrogen-bond donors (Lipinski definition) is 0. The molecule has 0 amide bonds. The first kappa shape index (κ1) is 23.2. The molecule has 0 unspecified atom stereocenters. The SMILES string of the molecule is CN(C)CC[c-]1cccc1.[Cl-].[Cl-].[Zr+4].c1cc[cH-]c1. The van der Waals surface area contributed by atoms with E-state index in [9.17, 15) is 0 Å². The topological polar surface area (TPSA) is 3.24 Å². The van der Waals surface area contributed by atoms with Crippen LogP contribution in [0, 0.1) is 0 Å². The second-order valence-electron chi connectivity index (χ2n) is 3.81. The van der Waals surface area contributed by atoms with E-state index in [2.05, 4.69) is 43.3 Å². The first-order valence-electron chi connectivity index (χ1n) is 5.31. The number of hydrogen-bond acceptors (Lipinski definition) is 1. The van der Waals surface area contributed by atoms with Gasteiger partial charge in [-0.1, -0.05) is 6.42 Å². The Hall–Kier alpha value is 0.123. The van der Waals surface area contributed by atoms with Crippen molar-refractivity contribution in [2.24, 2.45) is 0 Å². The van der Waals surface area contributed by atoms with Crippen LogP contribution in [0.3, 0.4) is 0 Å². The molecule has 4 heteroatoms. The molecule has 0 spiro atoms. The summed E-state index contributed by atoms with van der Waals surface area (Å²) < 4.78 is 0. The minimum atomic E-state index is 0. The first-order chi connectivity index (χ1) is 7.29. The Morgan fingerprint density at radius 2 is 1.44 bits per heavy atom. The molecule has 98 valence electrons. The number of halogens is 2. The predicted octanol–water partition coefficient (Wildman–Crippen LogP) is -3.08. The van der Waals surface area contributed by atoms with Crippen LogP contribution in [0.5, 0.6) is 0 Å². The molecule has 2 rings (SSSR count). The maximum absolute atomic E-state index is 2.20. The molecule has 0 aliphatic heterocycles. The van der Waals surface area contributed by atoms with Gasteiger partial charge in [0.1, 0.15) is 0 Å². The monoisotopic (exact) mass is 361 g/mol. The van der Waals surface area contributed by atoms with E-state index in [4.69, 9.17) is 0 Å². The Bertz CT molecular complexity index is 300. The quantitative estimate of drug-likeness (QED) is 0.523. The van der Waals surface area contributed by atoms with E-state index in [1.54, 1.807) is 0 Å². The Kier molecular flexibility index (Phi) is 19.6. The standard InChI is InChI=1S/C9H14N.C5H5.2ClH.Zr/c1-10(2)8-7-9-5-3-4-6-9;1-2-4-5-3-1;;;/h3-6H,7-8H2,1-2H3;1-5H;2*1H;/q2*-1;;;+4/p-2. The van der Waals surface area contributed by atoms with Gasteiger partial charge in [-0.2, -0.15) is 35.9 Å². The van der Waals surface area contributed by atoms with E-state index in [0.717, 1.165) is 6.54 Å². The van der Waals surface area contributed by atoms with Gasteiger partial charge in [0.15, 0.2) is 0 Å². The van der Waals surface area contributed by atoms with Crippen LogP contribution in [0.1, 0.15) is 5.56 Å². The van der Waals surface area contributed by atoms with Crippen LogP contribution in [0.2, 0.25) is 0 Å². The predicted molar refractivity (Wildman–Crippen MR) is 66.3 cm³/mol. The molecule has 0 atom stereocenters. The van der Waals surface area contributed by atoms with E-state index >= 15 is 0 Å². The van der Waals surface area contributed by atoms with Gasteiger partial charge in [-0.3, -0.25) is 0 Å². The number of likely N-dealkylation sites (N-methyl/N-ethyl adjacent to an activating group) is 1. The molecule has 2 aromatic carbocycles. The fraction of sp³-hybridized carbons (Fsp3) is 0.286. The van der Waals surface area contributed by atoms with Crippen LogP contribution in [0.15, 0.2) is 54.6 Å². The molecular weight excluding hydrogens is 344 g/mol. The summed E-state index contributed by atoms with van der Waals surface area (Å²) >= 11 is 0. The zero-order valence-corrected chi connectivity index (χ0v) is 14.8. The van der Waals surface area contributed by atoms with Gasteiger partial charge >= 0.3 is 26.2 Å². The number of rotatable bonds is 3. The Morgan fingerprint density at radius 1 is 0.944 bits per heavy atom. The minimum Gasteiger partial charge on any atom is -1.00 e.